The molecule has 2 amide bonds. The van der Waals surface area contributed by atoms with Crippen molar-refractivity contribution >= 4 is 23.6 Å². The second-order valence-corrected chi connectivity index (χ2v) is 3.49. The summed E-state index contributed by atoms with van der Waals surface area (Å²) < 4.78 is 0. The van der Waals surface area contributed by atoms with Crippen LogP contribution in [0.3, 0.4) is 0 Å². The monoisotopic (exact) mass is 232 g/mol. The zero-order valence-corrected chi connectivity index (χ0v) is 8.88. The molecule has 2 heterocycles. The van der Waals surface area contributed by atoms with Crippen molar-refractivity contribution in [3.8, 4) is 0 Å². The lowest BCUT2D eigenvalue weighted by atomic mass is 10.3. The van der Waals surface area contributed by atoms with Crippen molar-refractivity contribution in [1.82, 2.24) is 4.98 Å². The predicted molar refractivity (Wildman–Crippen MR) is 57.4 cm³/mol. The summed E-state index contributed by atoms with van der Waals surface area (Å²) in [6.45, 7) is 1.52. The number of amides is 2. The van der Waals surface area contributed by atoms with Gasteiger partial charge in [-0.25, -0.2) is 14.7 Å². The van der Waals surface area contributed by atoms with Crippen molar-refractivity contribution in [2.24, 2.45) is 0 Å². The molecular formula is C11H8N2O4. The van der Waals surface area contributed by atoms with Gasteiger partial charge >= 0.3 is 5.97 Å². The molecule has 1 aromatic rings. The van der Waals surface area contributed by atoms with Gasteiger partial charge in [-0.05, 0) is 19.1 Å². The van der Waals surface area contributed by atoms with E-state index in [2.05, 4.69) is 4.98 Å². The van der Waals surface area contributed by atoms with Gasteiger partial charge in [0.05, 0.1) is 0 Å². The van der Waals surface area contributed by atoms with E-state index >= 15 is 0 Å². The van der Waals surface area contributed by atoms with Crippen LogP contribution in [0.5, 0.6) is 0 Å². The van der Waals surface area contributed by atoms with Crippen LogP contribution in [-0.4, -0.2) is 27.9 Å². The van der Waals surface area contributed by atoms with Gasteiger partial charge in [0.1, 0.15) is 5.82 Å². The normalized spacial score (nSPS) is 15.1. The Morgan fingerprint density at radius 2 is 2.06 bits per heavy atom. The summed E-state index contributed by atoms with van der Waals surface area (Å²) in [6, 6.07) is 4.13. The van der Waals surface area contributed by atoms with E-state index in [0.29, 0.717) is 5.57 Å². The summed E-state index contributed by atoms with van der Waals surface area (Å²) in [7, 11) is 0. The molecule has 1 aliphatic heterocycles. The highest BCUT2D eigenvalue weighted by molar-refractivity contribution is 6.30. The number of carboxylic acids is 1. The highest BCUT2D eigenvalue weighted by Gasteiger charge is 2.30. The minimum absolute atomic E-state index is 0.0213. The molecule has 0 spiro atoms. The number of aromatic nitrogens is 1. The summed E-state index contributed by atoms with van der Waals surface area (Å²) in [4.78, 5) is 38.5. The van der Waals surface area contributed by atoms with Crippen LogP contribution in [0.15, 0.2) is 29.8 Å². The van der Waals surface area contributed by atoms with Crippen molar-refractivity contribution in [2.75, 3.05) is 4.90 Å². The van der Waals surface area contributed by atoms with E-state index in [9.17, 15) is 14.4 Å². The number of rotatable bonds is 2. The molecule has 0 saturated carbocycles. The standard InChI is InChI=1S/C11H8N2O4/c1-6-5-9(14)13(10(6)15)8-4-2-3-7(12-8)11(16)17/h2-5H,1H3,(H,16,17). The second kappa shape index (κ2) is 3.82. The van der Waals surface area contributed by atoms with Crippen molar-refractivity contribution < 1.29 is 19.5 Å². The molecule has 1 aromatic heterocycles. The van der Waals surface area contributed by atoms with Crippen LogP contribution in [0.4, 0.5) is 5.82 Å². The van der Waals surface area contributed by atoms with Gasteiger partial charge in [-0.15, -0.1) is 0 Å². The van der Waals surface area contributed by atoms with Gasteiger partial charge < -0.3 is 5.11 Å². The first-order valence-electron chi connectivity index (χ1n) is 4.78. The van der Waals surface area contributed by atoms with Crippen molar-refractivity contribution in [1.29, 1.82) is 0 Å². The van der Waals surface area contributed by atoms with Gasteiger partial charge in [-0.1, -0.05) is 6.07 Å². The molecule has 0 bridgehead atoms. The van der Waals surface area contributed by atoms with Crippen molar-refractivity contribution in [3.05, 3.63) is 35.5 Å². The third-order valence-electron chi connectivity index (χ3n) is 2.28. The van der Waals surface area contributed by atoms with Gasteiger partial charge in [-0.2, -0.15) is 0 Å². The van der Waals surface area contributed by atoms with E-state index in [1.165, 1.54) is 31.2 Å². The average molecular weight is 232 g/mol. The molecular weight excluding hydrogens is 224 g/mol. The van der Waals surface area contributed by atoms with Gasteiger partial charge in [-0.3, -0.25) is 9.59 Å². The molecule has 17 heavy (non-hydrogen) atoms. The van der Waals surface area contributed by atoms with E-state index in [0.717, 1.165) is 4.90 Å². The third kappa shape index (κ3) is 1.80. The number of nitrogens with zero attached hydrogens (tertiary/aromatic N) is 2. The van der Waals surface area contributed by atoms with Crippen LogP contribution in [0.25, 0.3) is 0 Å². The van der Waals surface area contributed by atoms with E-state index < -0.39 is 17.8 Å². The molecule has 0 saturated heterocycles. The van der Waals surface area contributed by atoms with Crippen LogP contribution >= 0.6 is 0 Å². The summed E-state index contributed by atoms with van der Waals surface area (Å²) in [5.41, 5.74) is 0.0881. The Balaban J connectivity index is 2.42. The predicted octanol–water partition coefficient (Wildman–Crippen LogP) is 0.599. The highest BCUT2D eigenvalue weighted by Crippen LogP contribution is 2.20. The van der Waals surface area contributed by atoms with E-state index in [-0.39, 0.29) is 11.5 Å². The minimum Gasteiger partial charge on any atom is -0.477 e. The average Bonchev–Trinajstić information content (AvgIpc) is 2.53. The molecule has 2 rings (SSSR count). The van der Waals surface area contributed by atoms with Crippen molar-refractivity contribution in [2.45, 2.75) is 6.92 Å². The van der Waals surface area contributed by atoms with E-state index in [1.807, 2.05) is 0 Å². The lowest BCUT2D eigenvalue weighted by molar-refractivity contribution is -0.120. The Kier molecular flexibility index (Phi) is 2.47. The molecule has 0 radical (unpaired) electrons. The number of hydrogen-bond donors (Lipinski definition) is 1. The van der Waals surface area contributed by atoms with Crippen LogP contribution in [0.2, 0.25) is 0 Å². The third-order valence-corrected chi connectivity index (χ3v) is 2.28. The molecule has 0 aliphatic carbocycles. The maximum Gasteiger partial charge on any atom is 0.354 e. The van der Waals surface area contributed by atoms with Gasteiger partial charge in [0.2, 0.25) is 0 Å². The summed E-state index contributed by atoms with van der Waals surface area (Å²) in [5, 5.41) is 8.77. The summed E-state index contributed by atoms with van der Waals surface area (Å²) >= 11 is 0. The fraction of sp³-hybridized carbons (Fsp3) is 0.0909. The number of anilines is 1. The van der Waals surface area contributed by atoms with Crippen LogP contribution in [0.1, 0.15) is 17.4 Å². The van der Waals surface area contributed by atoms with Gasteiger partial charge in [0.25, 0.3) is 11.8 Å². The Bertz CT molecular complexity index is 562. The van der Waals surface area contributed by atoms with E-state index in [1.54, 1.807) is 0 Å². The molecule has 6 heteroatoms. The SMILES string of the molecule is CC1=CC(=O)N(c2cccc(C(=O)O)n2)C1=O. The lowest BCUT2D eigenvalue weighted by Crippen LogP contribution is -2.31. The quantitative estimate of drug-likeness (QED) is 0.754. The number of pyridine rings is 1. The zero-order chi connectivity index (χ0) is 12.6. The molecule has 0 atom stereocenters. The smallest absolute Gasteiger partial charge is 0.354 e. The number of carbonyl (C=O) groups excluding carboxylic acids is 2. The molecule has 0 fully saturated rings. The highest BCUT2D eigenvalue weighted by atomic mass is 16.4. The van der Waals surface area contributed by atoms with Crippen molar-refractivity contribution in [3.63, 3.8) is 0 Å². The Morgan fingerprint density at radius 1 is 1.35 bits per heavy atom. The zero-order valence-electron chi connectivity index (χ0n) is 8.88. The number of hydrogen-bond acceptors (Lipinski definition) is 4. The number of carbonyl (C=O) groups is 3. The summed E-state index contributed by atoms with van der Waals surface area (Å²) in [6.07, 6.45) is 1.19. The molecule has 1 N–H and O–H groups in total. The maximum absolute atomic E-state index is 11.6. The van der Waals surface area contributed by atoms with Crippen LogP contribution in [-0.2, 0) is 9.59 Å². The first kappa shape index (κ1) is 11.0. The van der Waals surface area contributed by atoms with Gasteiger partial charge in [0, 0.05) is 11.6 Å². The Morgan fingerprint density at radius 3 is 2.59 bits per heavy atom. The Hall–Kier alpha value is -2.50. The number of aromatic carboxylic acids is 1. The fourth-order valence-corrected chi connectivity index (χ4v) is 1.47. The summed E-state index contributed by atoms with van der Waals surface area (Å²) in [5.74, 6) is -2.18. The Labute approximate surface area is 96.2 Å². The molecule has 0 unspecified atom stereocenters. The second-order valence-electron chi connectivity index (χ2n) is 3.49. The minimum atomic E-state index is -1.21. The molecule has 1 aliphatic rings. The largest absolute Gasteiger partial charge is 0.477 e. The van der Waals surface area contributed by atoms with Crippen LogP contribution < -0.4 is 4.90 Å². The first-order chi connectivity index (χ1) is 8.00. The maximum atomic E-state index is 11.6. The first-order valence-corrected chi connectivity index (χ1v) is 4.78. The number of imide groups is 1. The van der Waals surface area contributed by atoms with Gasteiger partial charge in [0.15, 0.2) is 5.69 Å². The molecule has 86 valence electrons. The molecule has 0 aromatic carbocycles. The van der Waals surface area contributed by atoms with E-state index in [4.69, 9.17) is 5.11 Å². The van der Waals surface area contributed by atoms with Crippen LogP contribution in [0, 0.1) is 0 Å². The number of carboxylic acid groups (broad SMARTS) is 1. The fourth-order valence-electron chi connectivity index (χ4n) is 1.47. The lowest BCUT2D eigenvalue weighted by Gasteiger charge is -2.13. The topological polar surface area (TPSA) is 87.6 Å². The molecule has 6 nitrogen and oxygen atoms in total.